The van der Waals surface area contributed by atoms with Gasteiger partial charge in [-0.05, 0) is 44.2 Å². The number of fused-ring (bicyclic) bond motifs is 1. The molecule has 3 unspecified atom stereocenters. The predicted octanol–water partition coefficient (Wildman–Crippen LogP) is 2.21. The zero-order valence-corrected chi connectivity index (χ0v) is 14.0. The third-order valence-electron chi connectivity index (χ3n) is 4.29. The van der Waals surface area contributed by atoms with E-state index in [9.17, 15) is 0 Å². The lowest BCUT2D eigenvalue weighted by Crippen LogP contribution is -2.43. The van der Waals surface area contributed by atoms with E-state index in [0.29, 0.717) is 6.04 Å². The molecule has 6 nitrogen and oxygen atoms in total. The summed E-state index contributed by atoms with van der Waals surface area (Å²) in [5.74, 6) is 3.28. The van der Waals surface area contributed by atoms with Crippen LogP contribution < -0.4 is 5.32 Å². The van der Waals surface area contributed by atoms with Crippen molar-refractivity contribution >= 4 is 11.5 Å². The summed E-state index contributed by atoms with van der Waals surface area (Å²) >= 11 is 0. The normalized spacial score (nSPS) is 24.5. The molecule has 0 aromatic carbocycles. The van der Waals surface area contributed by atoms with Gasteiger partial charge >= 0.3 is 0 Å². The number of likely N-dealkylation sites (tertiary alicyclic amines) is 1. The fourth-order valence-electron chi connectivity index (χ4n) is 3.60. The number of nitrogens with zero attached hydrogens (tertiary/aromatic N) is 5. The van der Waals surface area contributed by atoms with Gasteiger partial charge in [-0.1, -0.05) is 13.8 Å². The van der Waals surface area contributed by atoms with E-state index in [4.69, 9.17) is 0 Å². The lowest BCUT2D eigenvalue weighted by molar-refractivity contribution is 0.138. The first-order valence-electron chi connectivity index (χ1n) is 8.19. The van der Waals surface area contributed by atoms with Crippen molar-refractivity contribution < 1.29 is 0 Å². The molecule has 120 valence electrons. The van der Waals surface area contributed by atoms with Crippen molar-refractivity contribution in [3.05, 3.63) is 18.0 Å². The highest BCUT2D eigenvalue weighted by atomic mass is 15.4. The zero-order chi connectivity index (χ0) is 15.7. The summed E-state index contributed by atoms with van der Waals surface area (Å²) in [6.07, 6.45) is 1.35. The number of nitrogens with one attached hydrogen (secondary N) is 1. The number of aromatic nitrogens is 4. The molecule has 3 heterocycles. The summed E-state index contributed by atoms with van der Waals surface area (Å²) in [5.41, 5.74) is 0.786. The van der Waals surface area contributed by atoms with Gasteiger partial charge in [0.1, 0.15) is 5.82 Å². The van der Waals surface area contributed by atoms with Gasteiger partial charge in [-0.2, -0.15) is 4.52 Å². The van der Waals surface area contributed by atoms with Crippen molar-refractivity contribution in [1.29, 1.82) is 0 Å². The highest BCUT2D eigenvalue weighted by Crippen LogP contribution is 2.21. The molecule has 1 aliphatic heterocycles. The largest absolute Gasteiger partial charge is 0.365 e. The van der Waals surface area contributed by atoms with Crippen LogP contribution in [0.25, 0.3) is 5.65 Å². The van der Waals surface area contributed by atoms with Crippen molar-refractivity contribution in [1.82, 2.24) is 24.7 Å². The number of hydrogen-bond donors (Lipinski definition) is 1. The zero-order valence-electron chi connectivity index (χ0n) is 14.0. The van der Waals surface area contributed by atoms with Crippen molar-refractivity contribution in [3.63, 3.8) is 0 Å². The van der Waals surface area contributed by atoms with Crippen LogP contribution in [0.3, 0.4) is 0 Å². The molecule has 1 aliphatic rings. The molecule has 2 aromatic rings. The van der Waals surface area contributed by atoms with Crippen LogP contribution in [0.1, 0.15) is 33.0 Å². The molecule has 1 fully saturated rings. The standard InChI is InChI=1S/C16H26N6/c1-11-7-12(2)9-21(8-11)10-13(3)17-15-5-6-16-19-18-14(4)22(16)20-15/h5-6,11-13H,7-10H2,1-4H3,(H,17,20). The number of rotatable bonds is 4. The van der Waals surface area contributed by atoms with Crippen molar-refractivity contribution in [2.75, 3.05) is 25.0 Å². The molecule has 2 aromatic heterocycles. The molecule has 1 saturated heterocycles. The highest BCUT2D eigenvalue weighted by molar-refractivity contribution is 5.44. The molecule has 0 amide bonds. The fraction of sp³-hybridized carbons (Fsp3) is 0.688. The van der Waals surface area contributed by atoms with E-state index in [1.54, 1.807) is 4.52 Å². The van der Waals surface area contributed by atoms with Crippen molar-refractivity contribution in [2.24, 2.45) is 11.8 Å². The minimum atomic E-state index is 0.360. The van der Waals surface area contributed by atoms with E-state index in [-0.39, 0.29) is 0 Å². The topological polar surface area (TPSA) is 58.4 Å². The molecule has 6 heteroatoms. The lowest BCUT2D eigenvalue weighted by Gasteiger charge is -2.36. The Balaban J connectivity index is 1.62. The first-order chi connectivity index (χ1) is 10.5. The summed E-state index contributed by atoms with van der Waals surface area (Å²) in [7, 11) is 0. The van der Waals surface area contributed by atoms with Gasteiger partial charge in [0.15, 0.2) is 11.5 Å². The van der Waals surface area contributed by atoms with Gasteiger partial charge in [0.2, 0.25) is 0 Å². The Hall–Kier alpha value is -1.69. The molecule has 3 rings (SSSR count). The Labute approximate surface area is 131 Å². The molecule has 3 atom stereocenters. The smallest absolute Gasteiger partial charge is 0.178 e. The average molecular weight is 302 g/mol. The van der Waals surface area contributed by atoms with Crippen molar-refractivity contribution in [2.45, 2.75) is 40.2 Å². The van der Waals surface area contributed by atoms with E-state index in [0.717, 1.165) is 35.7 Å². The number of piperidine rings is 1. The number of anilines is 1. The van der Waals surface area contributed by atoms with Gasteiger partial charge in [0, 0.05) is 25.7 Å². The minimum absolute atomic E-state index is 0.360. The first-order valence-corrected chi connectivity index (χ1v) is 8.19. The first kappa shape index (κ1) is 15.2. The van der Waals surface area contributed by atoms with E-state index in [2.05, 4.69) is 46.3 Å². The van der Waals surface area contributed by atoms with Crippen LogP contribution in [0, 0.1) is 18.8 Å². The lowest BCUT2D eigenvalue weighted by atomic mass is 9.92. The van der Waals surface area contributed by atoms with Crippen LogP contribution in [0.2, 0.25) is 0 Å². The Morgan fingerprint density at radius 1 is 1.23 bits per heavy atom. The van der Waals surface area contributed by atoms with Crippen LogP contribution in [0.15, 0.2) is 12.1 Å². The molecular weight excluding hydrogens is 276 g/mol. The molecule has 22 heavy (non-hydrogen) atoms. The van der Waals surface area contributed by atoms with Gasteiger partial charge < -0.3 is 10.2 Å². The maximum Gasteiger partial charge on any atom is 0.178 e. The maximum absolute atomic E-state index is 4.56. The second-order valence-corrected chi connectivity index (χ2v) is 6.95. The van der Waals surface area contributed by atoms with Crippen molar-refractivity contribution in [3.8, 4) is 0 Å². The summed E-state index contributed by atoms with van der Waals surface area (Å²) < 4.78 is 1.78. The van der Waals surface area contributed by atoms with E-state index < -0.39 is 0 Å². The van der Waals surface area contributed by atoms with Crippen LogP contribution in [-0.2, 0) is 0 Å². The third kappa shape index (κ3) is 3.38. The molecule has 0 saturated carbocycles. The second kappa shape index (κ2) is 6.20. The minimum Gasteiger partial charge on any atom is -0.365 e. The average Bonchev–Trinajstić information content (AvgIpc) is 2.79. The van der Waals surface area contributed by atoms with E-state index >= 15 is 0 Å². The van der Waals surface area contributed by atoms with Gasteiger partial charge in [0.25, 0.3) is 0 Å². The monoisotopic (exact) mass is 302 g/mol. The fourth-order valence-corrected chi connectivity index (χ4v) is 3.60. The molecule has 1 N–H and O–H groups in total. The summed E-state index contributed by atoms with van der Waals surface area (Å²) in [6.45, 7) is 12.3. The van der Waals surface area contributed by atoms with Crippen LogP contribution in [0.5, 0.6) is 0 Å². The number of hydrogen-bond acceptors (Lipinski definition) is 5. The molecule has 0 bridgehead atoms. The van der Waals surface area contributed by atoms with Gasteiger partial charge in [-0.3, -0.25) is 0 Å². The molecule has 0 spiro atoms. The number of aryl methyl sites for hydroxylation is 1. The van der Waals surface area contributed by atoms with Crippen LogP contribution >= 0.6 is 0 Å². The maximum atomic E-state index is 4.56. The van der Waals surface area contributed by atoms with Gasteiger partial charge in [-0.25, -0.2) is 0 Å². The SMILES string of the molecule is Cc1nnc2ccc(NC(C)CN3CC(C)CC(C)C3)nn12. The molecule has 0 aliphatic carbocycles. The van der Waals surface area contributed by atoms with Gasteiger partial charge in [-0.15, -0.1) is 15.3 Å². The Morgan fingerprint density at radius 3 is 2.68 bits per heavy atom. The second-order valence-electron chi connectivity index (χ2n) is 6.95. The predicted molar refractivity (Wildman–Crippen MR) is 88.0 cm³/mol. The summed E-state index contributed by atoms with van der Waals surface area (Å²) in [4.78, 5) is 2.57. The molecular formula is C16H26N6. The quantitative estimate of drug-likeness (QED) is 0.938. The highest BCUT2D eigenvalue weighted by Gasteiger charge is 2.22. The van der Waals surface area contributed by atoms with Crippen LogP contribution in [-0.4, -0.2) is 50.4 Å². The Bertz CT molecular complexity index is 627. The van der Waals surface area contributed by atoms with E-state index in [1.165, 1.54) is 19.5 Å². The summed E-state index contributed by atoms with van der Waals surface area (Å²) in [6, 6.07) is 4.29. The third-order valence-corrected chi connectivity index (χ3v) is 4.29. The van der Waals surface area contributed by atoms with E-state index in [1.807, 2.05) is 19.1 Å². The Morgan fingerprint density at radius 2 is 1.95 bits per heavy atom. The summed E-state index contributed by atoms with van der Waals surface area (Å²) in [5, 5.41) is 16.2. The van der Waals surface area contributed by atoms with Crippen LogP contribution in [0.4, 0.5) is 5.82 Å². The molecule has 0 radical (unpaired) electrons. The Kier molecular flexibility index (Phi) is 4.29. The van der Waals surface area contributed by atoms with Gasteiger partial charge in [0.05, 0.1) is 0 Å².